The normalized spacial score (nSPS) is 10.6. The molecule has 1 rings (SSSR count). The van der Waals surface area contributed by atoms with Gasteiger partial charge in [-0.2, -0.15) is 0 Å². The highest BCUT2D eigenvalue weighted by Gasteiger charge is 2.16. The molecule has 104 valence electrons. The molecule has 5 nitrogen and oxygen atoms in total. The van der Waals surface area contributed by atoms with Crippen LogP contribution in [-0.4, -0.2) is 24.3 Å². The zero-order chi connectivity index (χ0) is 14.6. The van der Waals surface area contributed by atoms with Crippen LogP contribution in [0.2, 0.25) is 0 Å². The molecular weight excluding hydrogens is 244 g/mol. The minimum absolute atomic E-state index is 0.0498. The van der Waals surface area contributed by atoms with E-state index in [1.54, 1.807) is 6.07 Å². The van der Waals surface area contributed by atoms with Gasteiger partial charge < -0.3 is 4.90 Å². The van der Waals surface area contributed by atoms with Gasteiger partial charge in [-0.3, -0.25) is 14.9 Å². The number of benzene rings is 1. The Morgan fingerprint density at radius 2 is 2.05 bits per heavy atom. The number of Topliss-reactive ketones (excluding diaryl/α,β-unsaturated/α-hetero) is 1. The first-order valence-corrected chi connectivity index (χ1v) is 6.33. The maximum atomic E-state index is 11.6. The van der Waals surface area contributed by atoms with E-state index < -0.39 is 4.92 Å². The maximum Gasteiger partial charge on any atom is 0.270 e. The average Bonchev–Trinajstić information content (AvgIpc) is 2.34. The molecule has 0 aromatic heterocycles. The van der Waals surface area contributed by atoms with E-state index in [1.807, 2.05) is 11.9 Å². The summed E-state index contributed by atoms with van der Waals surface area (Å²) >= 11 is 0. The van der Waals surface area contributed by atoms with E-state index >= 15 is 0 Å². The van der Waals surface area contributed by atoms with Gasteiger partial charge in [-0.1, -0.05) is 13.8 Å². The summed E-state index contributed by atoms with van der Waals surface area (Å²) in [5.74, 6) is 0.413. The van der Waals surface area contributed by atoms with Crippen molar-refractivity contribution < 1.29 is 9.72 Å². The van der Waals surface area contributed by atoms with Gasteiger partial charge in [0.1, 0.15) is 0 Å². The molecule has 1 aromatic carbocycles. The Kier molecular flexibility index (Phi) is 5.03. The fourth-order valence-electron chi connectivity index (χ4n) is 1.82. The van der Waals surface area contributed by atoms with E-state index in [4.69, 9.17) is 0 Å². The average molecular weight is 264 g/mol. The summed E-state index contributed by atoms with van der Waals surface area (Å²) in [7, 11) is 1.90. The van der Waals surface area contributed by atoms with Crippen LogP contribution in [0.5, 0.6) is 0 Å². The van der Waals surface area contributed by atoms with E-state index in [2.05, 4.69) is 13.8 Å². The Hall–Kier alpha value is -1.91. The predicted octanol–water partition coefficient (Wildman–Crippen LogP) is 3.28. The van der Waals surface area contributed by atoms with Crippen molar-refractivity contribution in [2.24, 2.45) is 5.92 Å². The second-order valence-corrected chi connectivity index (χ2v) is 5.12. The maximum absolute atomic E-state index is 11.6. The number of ketones is 1. The van der Waals surface area contributed by atoms with Gasteiger partial charge in [-0.25, -0.2) is 0 Å². The molecule has 0 unspecified atom stereocenters. The van der Waals surface area contributed by atoms with Crippen LogP contribution in [0.25, 0.3) is 0 Å². The molecule has 19 heavy (non-hydrogen) atoms. The fourth-order valence-corrected chi connectivity index (χ4v) is 1.82. The molecule has 0 N–H and O–H groups in total. The van der Waals surface area contributed by atoms with Crippen LogP contribution in [0.4, 0.5) is 11.4 Å². The quantitative estimate of drug-likeness (QED) is 0.449. The first-order valence-electron chi connectivity index (χ1n) is 6.33. The number of carbonyl (C=O) groups excluding carboxylic acids is 1. The third-order valence-electron chi connectivity index (χ3n) is 3.02. The third-order valence-corrected chi connectivity index (χ3v) is 3.02. The van der Waals surface area contributed by atoms with Gasteiger partial charge in [0.25, 0.3) is 5.69 Å². The molecule has 0 atom stereocenters. The molecule has 0 radical (unpaired) electrons. The van der Waals surface area contributed by atoms with Gasteiger partial charge in [0.05, 0.1) is 4.92 Å². The molecular formula is C14H20N2O3. The number of nitrogens with zero attached hydrogens (tertiary/aromatic N) is 2. The number of carbonyl (C=O) groups is 1. The molecule has 0 spiro atoms. The van der Waals surface area contributed by atoms with Gasteiger partial charge in [-0.05, 0) is 25.3 Å². The van der Waals surface area contributed by atoms with E-state index in [1.165, 1.54) is 19.1 Å². The number of nitro benzene ring substituents is 1. The molecule has 0 aliphatic heterocycles. The van der Waals surface area contributed by atoms with Crippen molar-refractivity contribution >= 4 is 17.2 Å². The first-order chi connectivity index (χ1) is 8.82. The number of rotatable bonds is 6. The van der Waals surface area contributed by atoms with Gasteiger partial charge in [0.2, 0.25) is 0 Å². The third kappa shape index (κ3) is 4.05. The SMILES string of the molecule is CC(=O)c1cc([N+](=O)[O-])ccc1N(C)CCC(C)C. The number of hydrogen-bond donors (Lipinski definition) is 0. The van der Waals surface area contributed by atoms with Crippen LogP contribution < -0.4 is 4.90 Å². The predicted molar refractivity (Wildman–Crippen MR) is 75.8 cm³/mol. The molecule has 0 saturated carbocycles. The van der Waals surface area contributed by atoms with E-state index in [-0.39, 0.29) is 11.5 Å². The zero-order valence-electron chi connectivity index (χ0n) is 11.8. The second kappa shape index (κ2) is 6.31. The standard InChI is InChI=1S/C14H20N2O3/c1-10(2)7-8-15(4)14-6-5-12(16(18)19)9-13(14)11(3)17/h5-6,9-10H,7-8H2,1-4H3. The minimum atomic E-state index is -0.482. The molecule has 0 fully saturated rings. The van der Waals surface area contributed by atoms with Crippen LogP contribution in [-0.2, 0) is 0 Å². The van der Waals surface area contributed by atoms with E-state index in [0.717, 1.165) is 18.7 Å². The summed E-state index contributed by atoms with van der Waals surface area (Å²) in [5.41, 5.74) is 1.10. The van der Waals surface area contributed by atoms with Crippen LogP contribution in [0, 0.1) is 16.0 Å². The molecule has 0 aliphatic rings. The van der Waals surface area contributed by atoms with Crippen molar-refractivity contribution in [1.29, 1.82) is 0 Å². The minimum Gasteiger partial charge on any atom is -0.374 e. The summed E-state index contributed by atoms with van der Waals surface area (Å²) in [5, 5.41) is 10.8. The Labute approximate surface area is 113 Å². The Morgan fingerprint density at radius 1 is 1.42 bits per heavy atom. The first kappa shape index (κ1) is 15.1. The van der Waals surface area contributed by atoms with Crippen molar-refractivity contribution in [3.8, 4) is 0 Å². The van der Waals surface area contributed by atoms with Crippen LogP contribution in [0.3, 0.4) is 0 Å². The molecule has 0 aliphatic carbocycles. The highest BCUT2D eigenvalue weighted by molar-refractivity contribution is 6.00. The lowest BCUT2D eigenvalue weighted by Gasteiger charge is -2.22. The summed E-state index contributed by atoms with van der Waals surface area (Å²) < 4.78 is 0. The van der Waals surface area contributed by atoms with Crippen LogP contribution in [0.15, 0.2) is 18.2 Å². The fraction of sp³-hybridized carbons (Fsp3) is 0.500. The van der Waals surface area contributed by atoms with E-state index in [0.29, 0.717) is 11.5 Å². The topological polar surface area (TPSA) is 63.4 Å². The van der Waals surface area contributed by atoms with Crippen LogP contribution in [0.1, 0.15) is 37.6 Å². The van der Waals surface area contributed by atoms with Crippen molar-refractivity contribution in [3.63, 3.8) is 0 Å². The zero-order valence-corrected chi connectivity index (χ0v) is 11.8. The summed E-state index contributed by atoms with van der Waals surface area (Å²) in [6, 6.07) is 4.44. The van der Waals surface area contributed by atoms with Crippen molar-refractivity contribution in [1.82, 2.24) is 0 Å². The Balaban J connectivity index is 3.06. The Bertz CT molecular complexity index is 484. The van der Waals surface area contributed by atoms with Crippen molar-refractivity contribution in [2.45, 2.75) is 27.2 Å². The number of non-ortho nitro benzene ring substituents is 1. The van der Waals surface area contributed by atoms with Gasteiger partial charge in [0.15, 0.2) is 5.78 Å². The molecule has 0 heterocycles. The molecule has 1 aromatic rings. The smallest absolute Gasteiger partial charge is 0.270 e. The largest absolute Gasteiger partial charge is 0.374 e. The summed E-state index contributed by atoms with van der Waals surface area (Å²) in [6.07, 6.45) is 1.00. The van der Waals surface area contributed by atoms with Gasteiger partial charge in [-0.15, -0.1) is 0 Å². The Morgan fingerprint density at radius 3 is 2.53 bits per heavy atom. The lowest BCUT2D eigenvalue weighted by molar-refractivity contribution is -0.384. The highest BCUT2D eigenvalue weighted by atomic mass is 16.6. The molecule has 5 heteroatoms. The monoisotopic (exact) mass is 264 g/mol. The summed E-state index contributed by atoms with van der Waals surface area (Å²) in [4.78, 5) is 23.9. The van der Waals surface area contributed by atoms with Crippen molar-refractivity contribution in [2.75, 3.05) is 18.5 Å². The number of hydrogen-bond acceptors (Lipinski definition) is 4. The lowest BCUT2D eigenvalue weighted by Crippen LogP contribution is -2.22. The van der Waals surface area contributed by atoms with Crippen molar-refractivity contribution in [3.05, 3.63) is 33.9 Å². The highest BCUT2D eigenvalue weighted by Crippen LogP contribution is 2.25. The molecule has 0 bridgehead atoms. The van der Waals surface area contributed by atoms with E-state index in [9.17, 15) is 14.9 Å². The second-order valence-electron chi connectivity index (χ2n) is 5.12. The number of anilines is 1. The van der Waals surface area contributed by atoms with Gasteiger partial charge >= 0.3 is 0 Å². The lowest BCUT2D eigenvalue weighted by atomic mass is 10.1. The van der Waals surface area contributed by atoms with Crippen LogP contribution >= 0.6 is 0 Å². The molecule has 0 amide bonds. The summed E-state index contributed by atoms with van der Waals surface area (Å²) in [6.45, 7) is 6.51. The number of nitro groups is 1. The molecule has 0 saturated heterocycles. The van der Waals surface area contributed by atoms with Gasteiger partial charge in [0, 0.05) is 37.0 Å².